The van der Waals surface area contributed by atoms with Crippen LogP contribution in [0.25, 0.3) is 10.9 Å². The van der Waals surface area contributed by atoms with Crippen LogP contribution < -0.4 is 5.73 Å². The highest BCUT2D eigenvalue weighted by Gasteiger charge is 2.38. The Bertz CT molecular complexity index is 498. The van der Waals surface area contributed by atoms with E-state index in [1.807, 2.05) is 0 Å². The number of nitrogens with two attached hydrogens (primary N) is 1. The summed E-state index contributed by atoms with van der Waals surface area (Å²) in [5.41, 5.74) is 8.48. The van der Waals surface area contributed by atoms with Crippen LogP contribution in [0.4, 0.5) is 0 Å². The van der Waals surface area contributed by atoms with Crippen molar-refractivity contribution in [2.24, 2.45) is 18.7 Å². The summed E-state index contributed by atoms with van der Waals surface area (Å²) in [6.45, 7) is 0.826. The third-order valence-electron chi connectivity index (χ3n) is 3.59. The molecule has 78 valence electrons. The van der Waals surface area contributed by atoms with Crippen molar-refractivity contribution in [1.82, 2.24) is 4.57 Å². The van der Waals surface area contributed by atoms with Gasteiger partial charge in [-0.3, -0.25) is 0 Å². The molecule has 0 amide bonds. The predicted molar refractivity (Wildman–Crippen MR) is 62.8 cm³/mol. The minimum absolute atomic E-state index is 0.701. The van der Waals surface area contributed by atoms with Crippen LogP contribution in [0.15, 0.2) is 30.3 Å². The van der Waals surface area contributed by atoms with E-state index in [9.17, 15) is 0 Å². The van der Waals surface area contributed by atoms with Gasteiger partial charge >= 0.3 is 0 Å². The minimum atomic E-state index is 0.701. The summed E-state index contributed by atoms with van der Waals surface area (Å²) < 4.78 is 2.32. The molecule has 1 aromatic carbocycles. The number of hydrogen-bond donors (Lipinski definition) is 1. The summed E-state index contributed by atoms with van der Waals surface area (Å²) in [5, 5.41) is 1.35. The molecule has 2 nitrogen and oxygen atoms in total. The van der Waals surface area contributed by atoms with E-state index in [-0.39, 0.29) is 0 Å². The predicted octanol–water partition coefficient (Wildman–Crippen LogP) is 2.24. The van der Waals surface area contributed by atoms with Gasteiger partial charge in [0.05, 0.1) is 0 Å². The molecule has 2 heteroatoms. The number of fused-ring (bicyclic) bond motifs is 1. The van der Waals surface area contributed by atoms with Gasteiger partial charge in [-0.25, -0.2) is 0 Å². The first-order chi connectivity index (χ1) is 7.31. The SMILES string of the molecule is Cn1c(C2CC2CN)cc2ccccc21. The fourth-order valence-corrected chi connectivity index (χ4v) is 2.54. The Balaban J connectivity index is 2.09. The molecule has 1 saturated carbocycles. The van der Waals surface area contributed by atoms with Crippen molar-refractivity contribution >= 4 is 10.9 Å². The highest BCUT2D eigenvalue weighted by molar-refractivity contribution is 5.81. The monoisotopic (exact) mass is 200 g/mol. The molecule has 2 aromatic rings. The van der Waals surface area contributed by atoms with Gasteiger partial charge in [0, 0.05) is 24.2 Å². The molecule has 1 heterocycles. The van der Waals surface area contributed by atoms with Crippen LogP contribution in [-0.2, 0) is 7.05 Å². The molecule has 2 N–H and O–H groups in total. The molecular formula is C13H16N2. The molecule has 0 spiro atoms. The number of para-hydroxylation sites is 1. The zero-order valence-corrected chi connectivity index (χ0v) is 8.98. The van der Waals surface area contributed by atoms with Crippen molar-refractivity contribution in [2.45, 2.75) is 12.3 Å². The fourth-order valence-electron chi connectivity index (χ4n) is 2.54. The largest absolute Gasteiger partial charge is 0.347 e. The van der Waals surface area contributed by atoms with Crippen molar-refractivity contribution in [3.8, 4) is 0 Å². The molecular weight excluding hydrogens is 184 g/mol. The third kappa shape index (κ3) is 1.29. The molecule has 1 aliphatic carbocycles. The first-order valence-corrected chi connectivity index (χ1v) is 5.55. The standard InChI is InChI=1S/C13H16N2/c1-15-12-5-3-2-4-9(12)7-13(15)11-6-10(11)8-14/h2-5,7,10-11H,6,8,14H2,1H3. The zero-order chi connectivity index (χ0) is 10.4. The van der Waals surface area contributed by atoms with Crippen molar-refractivity contribution in [3.05, 3.63) is 36.0 Å². The molecule has 0 radical (unpaired) electrons. The van der Waals surface area contributed by atoms with E-state index in [4.69, 9.17) is 5.73 Å². The second-order valence-electron chi connectivity index (χ2n) is 4.53. The van der Waals surface area contributed by atoms with Gasteiger partial charge in [-0.15, -0.1) is 0 Å². The molecule has 2 atom stereocenters. The van der Waals surface area contributed by atoms with E-state index in [1.54, 1.807) is 0 Å². The van der Waals surface area contributed by atoms with Gasteiger partial charge < -0.3 is 10.3 Å². The van der Waals surface area contributed by atoms with Gasteiger partial charge in [0.1, 0.15) is 0 Å². The van der Waals surface area contributed by atoms with Crippen molar-refractivity contribution < 1.29 is 0 Å². The van der Waals surface area contributed by atoms with Gasteiger partial charge in [-0.05, 0) is 36.4 Å². The number of aromatic nitrogens is 1. The molecule has 2 unspecified atom stereocenters. The van der Waals surface area contributed by atoms with Crippen molar-refractivity contribution in [3.63, 3.8) is 0 Å². The van der Waals surface area contributed by atoms with Crippen LogP contribution in [0, 0.1) is 5.92 Å². The first kappa shape index (κ1) is 8.98. The summed E-state index contributed by atoms with van der Waals surface area (Å²) >= 11 is 0. The van der Waals surface area contributed by atoms with Gasteiger partial charge in [-0.2, -0.15) is 0 Å². The molecule has 0 aliphatic heterocycles. The second-order valence-corrected chi connectivity index (χ2v) is 4.53. The Morgan fingerprint density at radius 2 is 2.20 bits per heavy atom. The number of aryl methyl sites for hydroxylation is 1. The lowest BCUT2D eigenvalue weighted by Gasteiger charge is -2.02. The lowest BCUT2D eigenvalue weighted by molar-refractivity contribution is 0.766. The Morgan fingerprint density at radius 3 is 2.87 bits per heavy atom. The van der Waals surface area contributed by atoms with Crippen LogP contribution >= 0.6 is 0 Å². The summed E-state index contributed by atoms with van der Waals surface area (Å²) in [4.78, 5) is 0. The Labute approximate surface area is 89.7 Å². The quantitative estimate of drug-likeness (QED) is 0.792. The summed E-state index contributed by atoms with van der Waals surface area (Å²) in [7, 11) is 2.16. The van der Waals surface area contributed by atoms with Crippen LogP contribution in [0.1, 0.15) is 18.0 Å². The van der Waals surface area contributed by atoms with E-state index >= 15 is 0 Å². The maximum Gasteiger partial charge on any atom is 0.0479 e. The Kier molecular flexibility index (Phi) is 1.86. The molecule has 15 heavy (non-hydrogen) atoms. The van der Waals surface area contributed by atoms with Crippen LogP contribution in [0.2, 0.25) is 0 Å². The Hall–Kier alpha value is -1.28. The maximum atomic E-state index is 5.70. The van der Waals surface area contributed by atoms with E-state index in [0.717, 1.165) is 6.54 Å². The normalized spacial score (nSPS) is 24.7. The van der Waals surface area contributed by atoms with Crippen LogP contribution in [0.5, 0.6) is 0 Å². The molecule has 1 aromatic heterocycles. The molecule has 0 saturated heterocycles. The summed E-state index contributed by atoms with van der Waals surface area (Å²) in [5.74, 6) is 1.42. The second kappa shape index (κ2) is 3.11. The Morgan fingerprint density at radius 1 is 1.40 bits per heavy atom. The van der Waals surface area contributed by atoms with Crippen molar-refractivity contribution in [2.75, 3.05) is 6.54 Å². The highest BCUT2D eigenvalue weighted by atomic mass is 15.0. The van der Waals surface area contributed by atoms with Gasteiger partial charge in [0.25, 0.3) is 0 Å². The van der Waals surface area contributed by atoms with E-state index in [1.165, 1.54) is 23.0 Å². The number of hydrogen-bond acceptors (Lipinski definition) is 1. The van der Waals surface area contributed by atoms with E-state index in [0.29, 0.717) is 11.8 Å². The van der Waals surface area contributed by atoms with Crippen LogP contribution in [-0.4, -0.2) is 11.1 Å². The zero-order valence-electron chi connectivity index (χ0n) is 8.98. The number of rotatable bonds is 2. The maximum absolute atomic E-state index is 5.70. The van der Waals surface area contributed by atoms with Gasteiger partial charge in [-0.1, -0.05) is 18.2 Å². The lowest BCUT2D eigenvalue weighted by atomic mass is 10.2. The first-order valence-electron chi connectivity index (χ1n) is 5.55. The fraction of sp³-hybridized carbons (Fsp3) is 0.385. The topological polar surface area (TPSA) is 30.9 Å². The van der Waals surface area contributed by atoms with Crippen LogP contribution in [0.3, 0.4) is 0 Å². The third-order valence-corrected chi connectivity index (χ3v) is 3.59. The number of nitrogens with zero attached hydrogens (tertiary/aromatic N) is 1. The smallest absolute Gasteiger partial charge is 0.0479 e. The van der Waals surface area contributed by atoms with Gasteiger partial charge in [0.2, 0.25) is 0 Å². The summed E-state index contributed by atoms with van der Waals surface area (Å²) in [6.07, 6.45) is 1.26. The van der Waals surface area contributed by atoms with Gasteiger partial charge in [0.15, 0.2) is 0 Å². The average Bonchev–Trinajstić information content (AvgIpc) is 2.98. The van der Waals surface area contributed by atoms with E-state index in [2.05, 4.69) is 41.9 Å². The average molecular weight is 200 g/mol. The summed E-state index contributed by atoms with van der Waals surface area (Å²) in [6, 6.07) is 10.9. The van der Waals surface area contributed by atoms with E-state index < -0.39 is 0 Å². The molecule has 3 rings (SSSR count). The highest BCUT2D eigenvalue weighted by Crippen LogP contribution is 2.47. The lowest BCUT2D eigenvalue weighted by Crippen LogP contribution is -2.03. The molecule has 1 aliphatic rings. The van der Waals surface area contributed by atoms with Crippen molar-refractivity contribution in [1.29, 1.82) is 0 Å². The minimum Gasteiger partial charge on any atom is -0.347 e. The molecule has 0 bridgehead atoms. The number of benzene rings is 1. The molecule has 1 fully saturated rings.